The van der Waals surface area contributed by atoms with Gasteiger partial charge < -0.3 is 9.14 Å². The lowest BCUT2D eigenvalue weighted by Crippen LogP contribution is -2.02. The van der Waals surface area contributed by atoms with Crippen LogP contribution in [0.15, 0.2) is 66.7 Å². The van der Waals surface area contributed by atoms with Crippen molar-refractivity contribution in [1.29, 1.82) is 0 Å². The Kier molecular flexibility index (Phi) is 3.35. The summed E-state index contributed by atoms with van der Waals surface area (Å²) < 4.78 is 7.19. The Bertz CT molecular complexity index is 1060. The average Bonchev–Trinajstić information content (AvgIpc) is 2.94. The summed E-state index contributed by atoms with van der Waals surface area (Å²) in [5.41, 5.74) is 5.62. The van der Waals surface area contributed by atoms with Gasteiger partial charge in [0, 0.05) is 0 Å². The quantitative estimate of drug-likeness (QED) is 0.495. The summed E-state index contributed by atoms with van der Waals surface area (Å²) in [6, 6.07) is 22.4. The molecule has 3 nitrogen and oxygen atoms in total. The van der Waals surface area contributed by atoms with Crippen LogP contribution < -0.4 is 0 Å². The summed E-state index contributed by atoms with van der Waals surface area (Å²) >= 11 is 0. The van der Waals surface area contributed by atoms with Crippen molar-refractivity contribution in [2.24, 2.45) is 0 Å². The summed E-state index contributed by atoms with van der Waals surface area (Å²) in [6.45, 7) is 1.98. The molecule has 0 aliphatic carbocycles. The fraction of sp³-hybridized carbons (Fsp3) is 0.0952. The Labute approximate surface area is 140 Å². The minimum absolute atomic E-state index is 0.303. The Morgan fingerprint density at radius 3 is 2.33 bits per heavy atom. The van der Waals surface area contributed by atoms with Gasteiger partial charge in [-0.25, -0.2) is 4.79 Å². The van der Waals surface area contributed by atoms with Gasteiger partial charge in [-0.1, -0.05) is 54.6 Å². The third-order valence-electron chi connectivity index (χ3n) is 4.49. The molecule has 2 heterocycles. The van der Waals surface area contributed by atoms with Crippen LogP contribution in [0.3, 0.4) is 0 Å². The van der Waals surface area contributed by atoms with E-state index in [1.165, 1.54) is 7.11 Å². The van der Waals surface area contributed by atoms with Gasteiger partial charge in [0.15, 0.2) is 0 Å². The molecule has 0 bridgehead atoms. The third-order valence-corrected chi connectivity index (χ3v) is 4.49. The van der Waals surface area contributed by atoms with Crippen molar-refractivity contribution >= 4 is 22.4 Å². The Morgan fingerprint density at radius 1 is 0.875 bits per heavy atom. The topological polar surface area (TPSA) is 30.7 Å². The highest BCUT2D eigenvalue weighted by Gasteiger charge is 2.23. The lowest BCUT2D eigenvalue weighted by molar-refractivity contribution is 0.0602. The molecule has 0 aliphatic rings. The number of fused-ring (bicyclic) bond motifs is 3. The van der Waals surface area contributed by atoms with Gasteiger partial charge in [0.25, 0.3) is 0 Å². The molecule has 2 aromatic heterocycles. The molecule has 0 N–H and O–H groups in total. The van der Waals surface area contributed by atoms with Gasteiger partial charge in [-0.3, -0.25) is 0 Å². The van der Waals surface area contributed by atoms with Crippen LogP contribution in [0, 0.1) is 6.92 Å². The Morgan fingerprint density at radius 2 is 1.58 bits per heavy atom. The van der Waals surface area contributed by atoms with E-state index < -0.39 is 0 Å². The number of para-hydroxylation sites is 1. The summed E-state index contributed by atoms with van der Waals surface area (Å²) in [5.74, 6) is -0.303. The van der Waals surface area contributed by atoms with Gasteiger partial charge in [-0.2, -0.15) is 0 Å². The molecule has 0 aliphatic heterocycles. The summed E-state index contributed by atoms with van der Waals surface area (Å²) in [5, 5.41) is 1.13. The van der Waals surface area contributed by atoms with Crippen molar-refractivity contribution in [3.63, 3.8) is 0 Å². The zero-order chi connectivity index (χ0) is 16.7. The van der Waals surface area contributed by atoms with E-state index in [0.717, 1.165) is 33.2 Å². The van der Waals surface area contributed by atoms with Gasteiger partial charge in [-0.15, -0.1) is 0 Å². The van der Waals surface area contributed by atoms with Crippen molar-refractivity contribution in [1.82, 2.24) is 4.40 Å². The zero-order valence-electron chi connectivity index (χ0n) is 13.6. The second-order valence-corrected chi connectivity index (χ2v) is 5.82. The van der Waals surface area contributed by atoms with E-state index in [9.17, 15) is 4.79 Å². The van der Waals surface area contributed by atoms with Crippen molar-refractivity contribution in [2.45, 2.75) is 6.92 Å². The number of benzene rings is 2. The van der Waals surface area contributed by atoms with E-state index in [2.05, 4.69) is 28.7 Å². The minimum atomic E-state index is -0.303. The highest BCUT2D eigenvalue weighted by Crippen LogP contribution is 2.34. The SMILES string of the molecule is COC(=O)c1c(C)c(-c2ccccc2)n2c1ccc1ccccc12. The molecule has 3 heteroatoms. The fourth-order valence-electron chi connectivity index (χ4n) is 3.42. The number of rotatable bonds is 2. The van der Waals surface area contributed by atoms with Crippen LogP contribution in [0.2, 0.25) is 0 Å². The summed E-state index contributed by atoms with van der Waals surface area (Å²) in [4.78, 5) is 12.4. The highest BCUT2D eigenvalue weighted by atomic mass is 16.5. The first kappa shape index (κ1) is 14.5. The Balaban J connectivity index is 2.23. The number of aromatic nitrogens is 1. The lowest BCUT2D eigenvalue weighted by Gasteiger charge is -2.08. The molecule has 118 valence electrons. The van der Waals surface area contributed by atoms with Gasteiger partial charge >= 0.3 is 5.97 Å². The summed E-state index contributed by atoms with van der Waals surface area (Å²) in [7, 11) is 1.43. The Hall–Kier alpha value is -3.07. The lowest BCUT2D eigenvalue weighted by atomic mass is 10.1. The molecular weight excluding hydrogens is 298 g/mol. The predicted molar refractivity (Wildman–Crippen MR) is 96.4 cm³/mol. The van der Waals surface area contributed by atoms with Crippen molar-refractivity contribution in [2.75, 3.05) is 7.11 Å². The number of ether oxygens (including phenoxy) is 1. The second kappa shape index (κ2) is 5.53. The smallest absolute Gasteiger partial charge is 0.340 e. The maximum atomic E-state index is 12.4. The molecule has 0 unspecified atom stereocenters. The number of nitrogens with zero attached hydrogens (tertiary/aromatic N) is 1. The molecule has 0 atom stereocenters. The molecule has 24 heavy (non-hydrogen) atoms. The number of hydrogen-bond acceptors (Lipinski definition) is 2. The molecule has 0 amide bonds. The molecule has 0 spiro atoms. The molecule has 4 rings (SSSR count). The van der Waals surface area contributed by atoms with Crippen LogP contribution >= 0.6 is 0 Å². The van der Waals surface area contributed by atoms with Crippen LogP contribution in [-0.4, -0.2) is 17.5 Å². The number of methoxy groups -OCH3 is 1. The summed E-state index contributed by atoms with van der Waals surface area (Å²) in [6.07, 6.45) is 0. The molecular formula is C21H17NO2. The van der Waals surface area contributed by atoms with Gasteiger partial charge in [0.05, 0.1) is 29.4 Å². The van der Waals surface area contributed by atoms with E-state index in [4.69, 9.17) is 4.74 Å². The number of carbonyl (C=O) groups is 1. The van der Waals surface area contributed by atoms with Crippen LogP contribution in [0.5, 0.6) is 0 Å². The van der Waals surface area contributed by atoms with Gasteiger partial charge in [-0.05, 0) is 35.6 Å². The standard InChI is InChI=1S/C21H17NO2/c1-14-19(21(23)24-2)18-13-12-15-8-6-7-11-17(15)22(18)20(14)16-9-4-3-5-10-16/h3-13H,1-2H3. The second-order valence-electron chi connectivity index (χ2n) is 5.82. The van der Waals surface area contributed by atoms with Crippen LogP contribution in [0.4, 0.5) is 0 Å². The normalized spacial score (nSPS) is 11.1. The minimum Gasteiger partial charge on any atom is -0.465 e. The monoisotopic (exact) mass is 315 g/mol. The van der Waals surface area contributed by atoms with Crippen molar-refractivity contribution < 1.29 is 9.53 Å². The van der Waals surface area contributed by atoms with E-state index in [0.29, 0.717) is 5.56 Å². The largest absolute Gasteiger partial charge is 0.465 e. The van der Waals surface area contributed by atoms with E-state index >= 15 is 0 Å². The number of pyridine rings is 1. The number of hydrogen-bond donors (Lipinski definition) is 0. The van der Waals surface area contributed by atoms with Crippen LogP contribution in [0.1, 0.15) is 15.9 Å². The van der Waals surface area contributed by atoms with E-state index in [1.807, 2.05) is 49.4 Å². The third kappa shape index (κ3) is 2.02. The van der Waals surface area contributed by atoms with Crippen molar-refractivity contribution in [3.05, 3.63) is 77.9 Å². The molecule has 4 aromatic rings. The first-order valence-corrected chi connectivity index (χ1v) is 7.89. The molecule has 0 fully saturated rings. The number of esters is 1. The molecule has 2 aromatic carbocycles. The molecule has 0 saturated heterocycles. The first-order valence-electron chi connectivity index (χ1n) is 7.89. The van der Waals surface area contributed by atoms with Crippen LogP contribution in [0.25, 0.3) is 27.7 Å². The fourth-order valence-corrected chi connectivity index (χ4v) is 3.42. The maximum absolute atomic E-state index is 12.4. The van der Waals surface area contributed by atoms with Gasteiger partial charge in [0.2, 0.25) is 0 Å². The molecule has 0 radical (unpaired) electrons. The first-order chi connectivity index (χ1) is 11.7. The zero-order valence-corrected chi connectivity index (χ0v) is 13.6. The predicted octanol–water partition coefficient (Wildman–Crippen LogP) is 4.85. The number of carbonyl (C=O) groups excluding carboxylic acids is 1. The van der Waals surface area contributed by atoms with Crippen LogP contribution in [-0.2, 0) is 4.74 Å². The molecule has 0 saturated carbocycles. The highest BCUT2D eigenvalue weighted by molar-refractivity contribution is 6.04. The van der Waals surface area contributed by atoms with E-state index in [-0.39, 0.29) is 5.97 Å². The maximum Gasteiger partial charge on any atom is 0.340 e. The van der Waals surface area contributed by atoms with E-state index in [1.54, 1.807) is 0 Å². The van der Waals surface area contributed by atoms with Crippen molar-refractivity contribution in [3.8, 4) is 11.3 Å². The average molecular weight is 315 g/mol. The van der Waals surface area contributed by atoms with Gasteiger partial charge in [0.1, 0.15) is 0 Å².